The molecule has 3 rings (SSSR count). The zero-order chi connectivity index (χ0) is 17.3. The Kier molecular flexibility index (Phi) is 4.62. The van der Waals surface area contributed by atoms with E-state index in [1.54, 1.807) is 6.07 Å². The maximum atomic E-state index is 12.9. The van der Waals surface area contributed by atoms with Gasteiger partial charge in [-0.25, -0.2) is 4.68 Å². The Hall–Kier alpha value is -1.90. The first kappa shape index (κ1) is 16.9. The number of carbonyl (C=O) groups is 1. The Morgan fingerprint density at radius 3 is 2.75 bits per heavy atom. The molecule has 9 heteroatoms. The SMILES string of the molecule is O=C(c1cn(-c2ccccc2Br)nn1)N1CCC[C@H](C(F)(F)F)C1. The van der Waals surface area contributed by atoms with Crippen LogP contribution < -0.4 is 0 Å². The summed E-state index contributed by atoms with van der Waals surface area (Å²) < 4.78 is 40.8. The van der Waals surface area contributed by atoms with E-state index < -0.39 is 18.0 Å². The third-order valence-corrected chi connectivity index (χ3v) is 4.65. The highest BCUT2D eigenvalue weighted by molar-refractivity contribution is 9.10. The molecule has 0 aliphatic carbocycles. The van der Waals surface area contributed by atoms with Crippen LogP contribution in [0.15, 0.2) is 34.9 Å². The van der Waals surface area contributed by atoms with Gasteiger partial charge < -0.3 is 4.90 Å². The molecule has 1 aliphatic rings. The van der Waals surface area contributed by atoms with Crippen molar-refractivity contribution in [2.24, 2.45) is 5.92 Å². The molecule has 1 aromatic carbocycles. The highest BCUT2D eigenvalue weighted by Gasteiger charge is 2.43. The van der Waals surface area contributed by atoms with Crippen molar-refractivity contribution in [2.75, 3.05) is 13.1 Å². The first-order chi connectivity index (χ1) is 11.4. The Morgan fingerprint density at radius 1 is 1.29 bits per heavy atom. The average Bonchev–Trinajstić information content (AvgIpc) is 3.03. The van der Waals surface area contributed by atoms with Gasteiger partial charge in [0.1, 0.15) is 0 Å². The molecule has 1 amide bonds. The molecule has 1 aromatic heterocycles. The fourth-order valence-corrected chi connectivity index (χ4v) is 3.17. The van der Waals surface area contributed by atoms with Crippen LogP contribution in [0.25, 0.3) is 5.69 Å². The van der Waals surface area contributed by atoms with Gasteiger partial charge in [0.25, 0.3) is 5.91 Å². The number of piperidine rings is 1. The summed E-state index contributed by atoms with van der Waals surface area (Å²) in [5.74, 6) is -2.00. The smallest absolute Gasteiger partial charge is 0.337 e. The quantitative estimate of drug-likeness (QED) is 0.772. The Morgan fingerprint density at radius 2 is 2.04 bits per heavy atom. The number of rotatable bonds is 2. The average molecular weight is 403 g/mol. The number of hydrogen-bond acceptors (Lipinski definition) is 3. The molecule has 0 radical (unpaired) electrons. The van der Waals surface area contributed by atoms with Gasteiger partial charge in [0.2, 0.25) is 0 Å². The lowest BCUT2D eigenvalue weighted by Crippen LogP contribution is -2.44. The molecule has 5 nitrogen and oxygen atoms in total. The lowest BCUT2D eigenvalue weighted by atomic mass is 9.97. The van der Waals surface area contributed by atoms with Gasteiger partial charge in [-0.15, -0.1) is 5.10 Å². The Labute approximate surface area is 144 Å². The summed E-state index contributed by atoms with van der Waals surface area (Å²) >= 11 is 3.38. The third-order valence-electron chi connectivity index (χ3n) is 3.98. The van der Waals surface area contributed by atoms with E-state index in [4.69, 9.17) is 0 Å². The summed E-state index contributed by atoms with van der Waals surface area (Å²) in [5, 5.41) is 7.71. The van der Waals surface area contributed by atoms with Crippen LogP contribution in [0.1, 0.15) is 23.3 Å². The fourth-order valence-electron chi connectivity index (χ4n) is 2.71. The highest BCUT2D eigenvalue weighted by Crippen LogP contribution is 2.33. The zero-order valence-corrected chi connectivity index (χ0v) is 14.1. The number of hydrogen-bond donors (Lipinski definition) is 0. The van der Waals surface area contributed by atoms with Crippen molar-refractivity contribution < 1.29 is 18.0 Å². The first-order valence-electron chi connectivity index (χ1n) is 7.39. The minimum Gasteiger partial charge on any atom is -0.337 e. The molecular formula is C15H14BrF3N4O. The number of aromatic nitrogens is 3. The van der Waals surface area contributed by atoms with E-state index in [0.29, 0.717) is 18.7 Å². The second-order valence-electron chi connectivity index (χ2n) is 5.63. The molecule has 0 N–H and O–H groups in total. The van der Waals surface area contributed by atoms with Crippen molar-refractivity contribution in [3.8, 4) is 5.69 Å². The molecule has 0 bridgehead atoms. The Bertz CT molecular complexity index is 746. The highest BCUT2D eigenvalue weighted by atomic mass is 79.9. The topological polar surface area (TPSA) is 51.0 Å². The number of likely N-dealkylation sites (tertiary alicyclic amines) is 1. The molecule has 128 valence electrons. The lowest BCUT2D eigenvalue weighted by molar-refractivity contribution is -0.184. The molecule has 2 aromatic rings. The second-order valence-corrected chi connectivity index (χ2v) is 6.49. The van der Waals surface area contributed by atoms with Gasteiger partial charge in [-0.2, -0.15) is 13.2 Å². The molecule has 24 heavy (non-hydrogen) atoms. The minimum absolute atomic E-state index is 0.0357. The summed E-state index contributed by atoms with van der Waals surface area (Å²) in [5.41, 5.74) is 0.726. The van der Waals surface area contributed by atoms with Gasteiger partial charge in [0.05, 0.1) is 17.8 Å². The van der Waals surface area contributed by atoms with Gasteiger partial charge in [-0.05, 0) is 40.9 Å². The van der Waals surface area contributed by atoms with E-state index in [2.05, 4.69) is 26.2 Å². The Balaban J connectivity index is 1.78. The molecule has 0 saturated carbocycles. The number of nitrogens with zero attached hydrogens (tertiary/aromatic N) is 4. The number of halogens is 4. The summed E-state index contributed by atoms with van der Waals surface area (Å²) in [6.45, 7) is -0.0302. The maximum Gasteiger partial charge on any atom is 0.393 e. The van der Waals surface area contributed by atoms with Crippen LogP contribution in [-0.4, -0.2) is 45.1 Å². The zero-order valence-electron chi connectivity index (χ0n) is 12.5. The minimum atomic E-state index is -4.29. The molecule has 1 fully saturated rings. The maximum absolute atomic E-state index is 12.9. The van der Waals surface area contributed by atoms with E-state index in [-0.39, 0.29) is 18.7 Å². The molecule has 2 heterocycles. The van der Waals surface area contributed by atoms with Gasteiger partial charge in [-0.3, -0.25) is 4.79 Å². The van der Waals surface area contributed by atoms with Gasteiger partial charge >= 0.3 is 6.18 Å². The largest absolute Gasteiger partial charge is 0.393 e. The number of para-hydroxylation sites is 1. The van der Waals surface area contributed by atoms with E-state index >= 15 is 0 Å². The molecule has 1 atom stereocenters. The molecular weight excluding hydrogens is 389 g/mol. The number of carbonyl (C=O) groups excluding carboxylic acids is 1. The van der Waals surface area contributed by atoms with Gasteiger partial charge in [0, 0.05) is 17.6 Å². The van der Waals surface area contributed by atoms with Gasteiger partial charge in [0.15, 0.2) is 5.69 Å². The lowest BCUT2D eigenvalue weighted by Gasteiger charge is -2.33. The van der Waals surface area contributed by atoms with Crippen LogP contribution >= 0.6 is 15.9 Å². The normalized spacial score (nSPS) is 18.7. The van der Waals surface area contributed by atoms with E-state index in [1.807, 2.05) is 18.2 Å². The fraction of sp³-hybridized carbons (Fsp3) is 0.400. The van der Waals surface area contributed by atoms with Gasteiger partial charge in [-0.1, -0.05) is 17.3 Å². The number of amides is 1. The predicted octanol–water partition coefficient (Wildman–Crippen LogP) is 3.44. The predicted molar refractivity (Wildman–Crippen MR) is 83.7 cm³/mol. The standard InChI is InChI=1S/C15H14BrF3N4O/c16-11-5-1-2-6-13(11)23-9-12(20-21-23)14(24)22-7-3-4-10(8-22)15(17,18)19/h1-2,5-6,9-10H,3-4,7-8H2/t10-/m0/s1. The van der Waals surface area contributed by atoms with Crippen molar-refractivity contribution in [2.45, 2.75) is 19.0 Å². The van der Waals surface area contributed by atoms with Crippen molar-refractivity contribution in [1.29, 1.82) is 0 Å². The summed E-state index contributed by atoms with van der Waals surface area (Å²) in [6, 6.07) is 7.24. The molecule has 1 aliphatic heterocycles. The van der Waals surface area contributed by atoms with E-state index in [0.717, 1.165) is 4.47 Å². The summed E-state index contributed by atoms with van der Waals surface area (Å²) in [6.07, 6.45) is -2.48. The number of alkyl halides is 3. The van der Waals surface area contributed by atoms with Crippen molar-refractivity contribution in [1.82, 2.24) is 19.9 Å². The molecule has 0 unspecified atom stereocenters. The monoisotopic (exact) mass is 402 g/mol. The molecule has 1 saturated heterocycles. The van der Waals surface area contributed by atoms with Crippen LogP contribution in [0.3, 0.4) is 0 Å². The van der Waals surface area contributed by atoms with Crippen LogP contribution in [0.4, 0.5) is 13.2 Å². The van der Waals surface area contributed by atoms with Crippen LogP contribution in [-0.2, 0) is 0 Å². The van der Waals surface area contributed by atoms with Crippen LogP contribution in [0.5, 0.6) is 0 Å². The van der Waals surface area contributed by atoms with Crippen LogP contribution in [0, 0.1) is 5.92 Å². The van der Waals surface area contributed by atoms with Crippen molar-refractivity contribution in [3.05, 3.63) is 40.6 Å². The molecule has 0 spiro atoms. The first-order valence-corrected chi connectivity index (χ1v) is 8.19. The number of benzene rings is 1. The third kappa shape index (κ3) is 3.45. The summed E-state index contributed by atoms with van der Waals surface area (Å²) in [7, 11) is 0. The van der Waals surface area contributed by atoms with E-state index in [9.17, 15) is 18.0 Å². The summed E-state index contributed by atoms with van der Waals surface area (Å²) in [4.78, 5) is 13.6. The second kappa shape index (κ2) is 6.54. The van der Waals surface area contributed by atoms with E-state index in [1.165, 1.54) is 15.8 Å². The van der Waals surface area contributed by atoms with Crippen molar-refractivity contribution >= 4 is 21.8 Å². The van der Waals surface area contributed by atoms with Crippen molar-refractivity contribution in [3.63, 3.8) is 0 Å². The van der Waals surface area contributed by atoms with Crippen LogP contribution in [0.2, 0.25) is 0 Å².